The number of rotatable bonds is 8. The second-order valence-electron chi connectivity index (χ2n) is 6.85. The van der Waals surface area contributed by atoms with Crippen molar-refractivity contribution < 1.29 is 9.21 Å². The van der Waals surface area contributed by atoms with E-state index < -0.39 is 17.0 Å². The Labute approximate surface area is 164 Å². The highest BCUT2D eigenvalue weighted by Gasteiger charge is 2.30. The summed E-state index contributed by atoms with van der Waals surface area (Å²) in [7, 11) is 0. The number of carbonyl (C=O) groups is 1. The Morgan fingerprint density at radius 3 is 2.75 bits per heavy atom. The summed E-state index contributed by atoms with van der Waals surface area (Å²) in [6.45, 7) is 0.926. The molecule has 3 heterocycles. The quantitative estimate of drug-likeness (QED) is 0.559. The van der Waals surface area contributed by atoms with E-state index in [1.165, 1.54) is 4.57 Å². The highest BCUT2D eigenvalue weighted by Crippen LogP contribution is 2.35. The number of anilines is 1. The lowest BCUT2D eigenvalue weighted by Crippen LogP contribution is -2.38. The van der Waals surface area contributed by atoms with Crippen molar-refractivity contribution >= 4 is 22.9 Å². The van der Waals surface area contributed by atoms with Gasteiger partial charge in [0.2, 0.25) is 0 Å². The summed E-state index contributed by atoms with van der Waals surface area (Å²) in [4.78, 5) is 42.5. The number of ketones is 1. The highest BCUT2D eigenvalue weighted by molar-refractivity contribution is 7.09. The van der Waals surface area contributed by atoms with E-state index in [9.17, 15) is 14.4 Å². The first-order valence-corrected chi connectivity index (χ1v) is 9.85. The molecule has 9 heteroatoms. The molecule has 146 valence electrons. The fourth-order valence-corrected chi connectivity index (χ4v) is 3.97. The van der Waals surface area contributed by atoms with Crippen LogP contribution in [0.1, 0.15) is 39.9 Å². The van der Waals surface area contributed by atoms with Gasteiger partial charge in [0.25, 0.3) is 5.56 Å². The van der Waals surface area contributed by atoms with Gasteiger partial charge in [-0.15, -0.1) is 11.3 Å². The molecule has 3 aromatic rings. The minimum Gasteiger partial charge on any atom is -0.468 e. The van der Waals surface area contributed by atoms with Gasteiger partial charge in [0, 0.05) is 17.5 Å². The van der Waals surface area contributed by atoms with Gasteiger partial charge in [-0.25, -0.2) is 4.79 Å². The zero-order valence-corrected chi connectivity index (χ0v) is 15.9. The van der Waals surface area contributed by atoms with Gasteiger partial charge in [0.05, 0.1) is 19.4 Å². The number of carbonyl (C=O) groups excluding carboxylic acids is 1. The molecule has 0 aromatic carbocycles. The van der Waals surface area contributed by atoms with Crippen molar-refractivity contribution in [1.29, 1.82) is 0 Å². The fourth-order valence-electron chi connectivity index (χ4n) is 3.23. The van der Waals surface area contributed by atoms with Gasteiger partial charge in [-0.1, -0.05) is 6.07 Å². The number of nitrogens with two attached hydrogens (primary N) is 1. The van der Waals surface area contributed by atoms with Gasteiger partial charge in [-0.05, 0) is 36.4 Å². The molecule has 8 nitrogen and oxygen atoms in total. The summed E-state index contributed by atoms with van der Waals surface area (Å²) in [6, 6.07) is 7.51. The number of furan rings is 1. The molecule has 1 aliphatic carbocycles. The number of hydrogen-bond acceptors (Lipinski definition) is 7. The fraction of sp³-hybridized carbons (Fsp3) is 0.316. The molecular formula is C19H20N4O4S. The lowest BCUT2D eigenvalue weighted by molar-refractivity contribution is 0.0914. The maximum absolute atomic E-state index is 13.0. The van der Waals surface area contributed by atoms with Crippen LogP contribution in [0, 0.1) is 0 Å². The predicted molar refractivity (Wildman–Crippen MR) is 105 cm³/mol. The van der Waals surface area contributed by atoms with E-state index in [2.05, 4.69) is 4.98 Å². The van der Waals surface area contributed by atoms with Gasteiger partial charge in [0.15, 0.2) is 5.78 Å². The van der Waals surface area contributed by atoms with E-state index >= 15 is 0 Å². The van der Waals surface area contributed by atoms with Crippen LogP contribution in [0.5, 0.6) is 0 Å². The lowest BCUT2D eigenvalue weighted by atomic mass is 10.1. The number of aromatic amines is 1. The van der Waals surface area contributed by atoms with Crippen molar-refractivity contribution in [3.05, 3.63) is 72.9 Å². The Morgan fingerprint density at radius 1 is 1.29 bits per heavy atom. The van der Waals surface area contributed by atoms with Crippen molar-refractivity contribution in [2.75, 3.05) is 12.3 Å². The first-order chi connectivity index (χ1) is 13.5. The number of nitrogens with one attached hydrogen (secondary N) is 1. The van der Waals surface area contributed by atoms with Crippen LogP contribution in [-0.2, 0) is 13.1 Å². The van der Waals surface area contributed by atoms with Crippen molar-refractivity contribution in [1.82, 2.24) is 14.5 Å². The third kappa shape index (κ3) is 3.85. The van der Waals surface area contributed by atoms with E-state index in [1.54, 1.807) is 23.7 Å². The average molecular weight is 400 g/mol. The molecule has 0 aliphatic heterocycles. The van der Waals surface area contributed by atoms with Crippen LogP contribution < -0.4 is 17.0 Å². The molecule has 0 saturated heterocycles. The molecule has 0 bridgehead atoms. The predicted octanol–water partition coefficient (Wildman–Crippen LogP) is 1.99. The third-order valence-electron chi connectivity index (χ3n) is 4.66. The molecular weight excluding hydrogens is 380 g/mol. The SMILES string of the molecule is Nc1c(C(=O)CN(Cc2ccco2)Cc2cccs2)c(=O)[nH]c(=O)n1C1CC1. The third-order valence-corrected chi connectivity index (χ3v) is 5.52. The maximum atomic E-state index is 13.0. The van der Waals surface area contributed by atoms with Crippen LogP contribution in [0.3, 0.4) is 0 Å². The molecule has 0 spiro atoms. The number of Topliss-reactive ketones (excluding diaryl/α,β-unsaturated/α-hetero) is 1. The summed E-state index contributed by atoms with van der Waals surface area (Å²) in [5, 5.41) is 1.97. The van der Waals surface area contributed by atoms with Gasteiger partial charge in [0.1, 0.15) is 17.1 Å². The summed E-state index contributed by atoms with van der Waals surface area (Å²) in [5.74, 6) is 0.251. The van der Waals surface area contributed by atoms with Crippen LogP contribution in [0.25, 0.3) is 0 Å². The van der Waals surface area contributed by atoms with Crippen LogP contribution in [-0.4, -0.2) is 26.8 Å². The second-order valence-corrected chi connectivity index (χ2v) is 7.88. The molecule has 3 N–H and O–H groups in total. The molecule has 1 aliphatic rings. The minimum absolute atomic E-state index is 0.0191. The van der Waals surface area contributed by atoms with Gasteiger partial charge >= 0.3 is 5.69 Å². The van der Waals surface area contributed by atoms with Crippen molar-refractivity contribution in [2.24, 2.45) is 0 Å². The molecule has 1 saturated carbocycles. The molecule has 4 rings (SSSR count). The average Bonchev–Trinajstić information content (AvgIpc) is 3.10. The van der Waals surface area contributed by atoms with E-state index in [1.807, 2.05) is 28.5 Å². The van der Waals surface area contributed by atoms with Crippen molar-refractivity contribution in [2.45, 2.75) is 32.0 Å². The minimum atomic E-state index is -0.738. The summed E-state index contributed by atoms with van der Waals surface area (Å²) < 4.78 is 6.73. The Morgan fingerprint density at radius 2 is 2.11 bits per heavy atom. The van der Waals surface area contributed by atoms with Crippen LogP contribution >= 0.6 is 11.3 Å². The molecule has 0 unspecified atom stereocenters. The Kier molecular flexibility index (Phi) is 5.01. The largest absolute Gasteiger partial charge is 0.468 e. The second kappa shape index (κ2) is 7.61. The number of aromatic nitrogens is 2. The monoisotopic (exact) mass is 400 g/mol. The molecule has 28 heavy (non-hydrogen) atoms. The van der Waals surface area contributed by atoms with Crippen molar-refractivity contribution in [3.8, 4) is 0 Å². The van der Waals surface area contributed by atoms with E-state index in [-0.39, 0.29) is 24.0 Å². The van der Waals surface area contributed by atoms with Gasteiger partial charge < -0.3 is 10.2 Å². The van der Waals surface area contributed by atoms with Crippen LogP contribution in [0.2, 0.25) is 0 Å². The first kappa shape index (κ1) is 18.5. The van der Waals surface area contributed by atoms with Gasteiger partial charge in [-0.3, -0.25) is 24.0 Å². The smallest absolute Gasteiger partial charge is 0.330 e. The molecule has 3 aromatic heterocycles. The Balaban J connectivity index is 1.61. The number of nitrogens with zero attached hydrogens (tertiary/aromatic N) is 2. The molecule has 0 amide bonds. The van der Waals surface area contributed by atoms with E-state index in [0.717, 1.165) is 17.7 Å². The summed E-state index contributed by atoms with van der Waals surface area (Å²) in [5.41, 5.74) is 4.61. The summed E-state index contributed by atoms with van der Waals surface area (Å²) >= 11 is 1.59. The zero-order chi connectivity index (χ0) is 19.7. The van der Waals surface area contributed by atoms with E-state index in [0.29, 0.717) is 18.8 Å². The van der Waals surface area contributed by atoms with Crippen LogP contribution in [0.4, 0.5) is 5.82 Å². The zero-order valence-electron chi connectivity index (χ0n) is 15.1. The van der Waals surface area contributed by atoms with E-state index in [4.69, 9.17) is 10.2 Å². The molecule has 0 atom stereocenters. The molecule has 0 radical (unpaired) electrons. The summed E-state index contributed by atoms with van der Waals surface area (Å²) in [6.07, 6.45) is 3.20. The topological polar surface area (TPSA) is 114 Å². The van der Waals surface area contributed by atoms with Crippen LogP contribution in [0.15, 0.2) is 49.9 Å². The Bertz CT molecular complexity index is 1040. The number of nitrogen functional groups attached to an aromatic ring is 1. The first-order valence-electron chi connectivity index (χ1n) is 8.97. The number of thiophene rings is 1. The number of H-pyrrole nitrogens is 1. The Hall–Kier alpha value is -2.91. The van der Waals surface area contributed by atoms with Crippen molar-refractivity contribution in [3.63, 3.8) is 0 Å². The standard InChI is InChI=1S/C19H20N4O4S/c20-17-16(18(25)21-19(26)23(17)12-5-6-12)15(24)11-22(9-13-3-1-7-27-13)10-14-4-2-8-28-14/h1-4,7-8,12H,5-6,9-11,20H2,(H,21,25,26). The maximum Gasteiger partial charge on any atom is 0.330 e. The van der Waals surface area contributed by atoms with Gasteiger partial charge in [-0.2, -0.15) is 0 Å². The lowest BCUT2D eigenvalue weighted by Gasteiger charge is -2.20. The highest BCUT2D eigenvalue weighted by atomic mass is 32.1. The molecule has 1 fully saturated rings. The number of hydrogen-bond donors (Lipinski definition) is 2. The normalized spacial score (nSPS) is 13.9.